The molecule has 2 N–H and O–H groups in total. The lowest BCUT2D eigenvalue weighted by Gasteiger charge is -2.48. The van der Waals surface area contributed by atoms with Crippen LogP contribution in [0.15, 0.2) is 48.8 Å². The predicted octanol–water partition coefficient (Wildman–Crippen LogP) is 6.03. The molecule has 3 aliphatic heterocycles. The summed E-state index contributed by atoms with van der Waals surface area (Å²) in [5.74, 6) is -6.87. The lowest BCUT2D eigenvalue weighted by Crippen LogP contribution is -2.62. The Kier molecular flexibility index (Phi) is 17.4. The van der Waals surface area contributed by atoms with Gasteiger partial charge in [-0.2, -0.15) is 5.10 Å². The number of benzene rings is 1. The first-order chi connectivity index (χ1) is 31.5. The van der Waals surface area contributed by atoms with Gasteiger partial charge in [-0.1, -0.05) is 65.8 Å². The van der Waals surface area contributed by atoms with Crippen LogP contribution in [-0.4, -0.2) is 131 Å². The number of carbonyl (C=O) groups is 6. The smallest absolute Gasteiger partial charge is 0.408 e. The summed E-state index contributed by atoms with van der Waals surface area (Å²) >= 11 is 0. The maximum atomic E-state index is 14.7. The average Bonchev–Trinajstić information content (AvgIpc) is 3.92. The number of ether oxygens (including phenoxy) is 7. The molecule has 0 bridgehead atoms. The molecule has 18 nitrogen and oxygen atoms in total. The monoisotopic (exact) mass is 938 g/mol. The van der Waals surface area contributed by atoms with Crippen molar-refractivity contribution in [2.45, 2.75) is 156 Å². The minimum absolute atomic E-state index is 0.0424. The number of hydrogen-bond donors (Lipinski definition) is 2. The van der Waals surface area contributed by atoms with E-state index in [-0.39, 0.29) is 31.2 Å². The second kappa shape index (κ2) is 22.2. The second-order valence-corrected chi connectivity index (χ2v) is 19.3. The minimum atomic E-state index is -1.77. The summed E-state index contributed by atoms with van der Waals surface area (Å²) in [7, 11) is 3.69. The zero-order valence-electron chi connectivity index (χ0n) is 41.2. The lowest BCUT2D eigenvalue weighted by molar-refractivity contribution is -0.301. The van der Waals surface area contributed by atoms with Crippen LogP contribution >= 0.6 is 0 Å². The molecule has 3 aliphatic rings. The molecule has 0 spiro atoms. The van der Waals surface area contributed by atoms with E-state index in [2.05, 4.69) is 15.7 Å². The van der Waals surface area contributed by atoms with E-state index in [0.29, 0.717) is 6.42 Å². The molecular weight excluding hydrogens is 867 g/mol. The number of nitrogens with zero attached hydrogens (tertiary/aromatic N) is 3. The van der Waals surface area contributed by atoms with Gasteiger partial charge in [0.2, 0.25) is 0 Å². The molecule has 18 heteroatoms. The number of fused-ring (bicyclic) bond motifs is 1. The van der Waals surface area contributed by atoms with Crippen molar-refractivity contribution in [2.75, 3.05) is 20.6 Å². The Morgan fingerprint density at radius 3 is 2.30 bits per heavy atom. The molecule has 0 aliphatic carbocycles. The minimum Gasteiger partial charge on any atom is -0.461 e. The van der Waals surface area contributed by atoms with Gasteiger partial charge in [0.25, 0.3) is 0 Å². The topological polar surface area (TPSA) is 212 Å². The van der Waals surface area contributed by atoms with Gasteiger partial charge in [-0.05, 0) is 84.8 Å². The number of likely N-dealkylation sites (N-methyl/N-ethyl adjacent to an activating group) is 1. The number of esters is 3. The molecule has 67 heavy (non-hydrogen) atoms. The van der Waals surface area contributed by atoms with Crippen molar-refractivity contribution in [1.82, 2.24) is 25.3 Å². The van der Waals surface area contributed by atoms with Crippen molar-refractivity contribution in [2.24, 2.45) is 29.6 Å². The molecule has 0 saturated carbocycles. The van der Waals surface area contributed by atoms with Gasteiger partial charge in [0.05, 0.1) is 35.7 Å². The van der Waals surface area contributed by atoms with Crippen LogP contribution in [0, 0.1) is 29.6 Å². The van der Waals surface area contributed by atoms with Gasteiger partial charge in [-0.25, -0.2) is 14.3 Å². The maximum absolute atomic E-state index is 14.7. The van der Waals surface area contributed by atoms with Crippen LogP contribution in [0.4, 0.5) is 9.59 Å². The normalized spacial score (nSPS) is 34.1. The number of carbonyl (C=O) groups excluding carboxylic acids is 6. The van der Waals surface area contributed by atoms with Gasteiger partial charge in [0, 0.05) is 43.6 Å². The fraction of sp³-hybridized carbons (Fsp3) is 0.653. The Morgan fingerprint density at radius 1 is 1.01 bits per heavy atom. The number of cyclic esters (lactones) is 1. The molecule has 4 heterocycles. The third kappa shape index (κ3) is 12.4. The average molecular weight is 938 g/mol. The van der Waals surface area contributed by atoms with Crippen molar-refractivity contribution < 1.29 is 61.9 Å². The van der Waals surface area contributed by atoms with E-state index in [1.54, 1.807) is 79.3 Å². The van der Waals surface area contributed by atoms with Gasteiger partial charge in [0.1, 0.15) is 29.7 Å². The summed E-state index contributed by atoms with van der Waals surface area (Å²) in [5, 5.41) is 9.84. The van der Waals surface area contributed by atoms with Gasteiger partial charge < -0.3 is 48.7 Å². The molecule has 2 amide bonds. The number of ketones is 1. The number of aromatic nitrogens is 2. The standard InChI is InChI=1S/C49H71N5O13/c1-14-37-49(11)41(52-47(60)67-49)30(6)38(56)28(4)26-48(10,66-46(59)50-22-15-17-34-18-20-35(21-19-34)54-24-16-23-51-54)42(31(7)39(32(8)44(58)63-37)64-43(57)27(2)3)65-45-40(62-33(9)55)36(53(12)13)25-29(5)61-45/h15-21,23-24,27-32,36-37,39-42,45H,14,22,25-26H2,1-13H3,(H,50,59)(H,52,60)/b17-15+/t28-,29-,30+,31+,32-,36+,37-,39+,40-,41-,42-,45+,48-,49-/m1/s1. The van der Waals surface area contributed by atoms with Crippen LogP contribution in [0.25, 0.3) is 11.8 Å². The molecule has 2 aromatic rings. The van der Waals surface area contributed by atoms with E-state index in [0.717, 1.165) is 11.3 Å². The fourth-order valence-corrected chi connectivity index (χ4v) is 9.75. The number of nitrogens with one attached hydrogen (secondary N) is 2. The van der Waals surface area contributed by atoms with Crippen molar-refractivity contribution in [3.05, 3.63) is 54.4 Å². The van der Waals surface area contributed by atoms with E-state index >= 15 is 0 Å². The number of amides is 2. The summed E-state index contributed by atoms with van der Waals surface area (Å²) in [6.45, 7) is 18.1. The van der Waals surface area contributed by atoms with Gasteiger partial charge in [-0.15, -0.1) is 0 Å². The van der Waals surface area contributed by atoms with Crippen LogP contribution in [0.3, 0.4) is 0 Å². The van der Waals surface area contributed by atoms with Crippen molar-refractivity contribution >= 4 is 42.0 Å². The first-order valence-electron chi connectivity index (χ1n) is 23.3. The number of alkyl carbamates (subject to hydrolysis) is 2. The lowest BCUT2D eigenvalue weighted by atomic mass is 9.73. The highest BCUT2D eigenvalue weighted by Crippen LogP contribution is 2.42. The predicted molar refractivity (Wildman–Crippen MR) is 245 cm³/mol. The molecular formula is C49H71N5O13. The molecule has 1 aromatic heterocycles. The first kappa shape index (κ1) is 52.6. The maximum Gasteiger partial charge on any atom is 0.408 e. The van der Waals surface area contributed by atoms with E-state index in [1.165, 1.54) is 6.92 Å². The number of hydrogen-bond acceptors (Lipinski definition) is 15. The molecule has 0 radical (unpaired) electrons. The SMILES string of the molecule is CC[C@H]1OC(=O)[C@H](C)[C@@H](OC(=O)C(C)C)[C@H](C)[C@@H](O[C@@H]2O[C@H](C)C[C@H](N(C)C)[C@H]2OC(C)=O)[C@](C)(OC(=O)NC/C=C/c2ccc(-n3cccn3)cc2)C[C@@H](C)C(=O)[C@H](C)[C@H]2NC(=O)O[C@@]21C. The van der Waals surface area contributed by atoms with Crippen molar-refractivity contribution in [1.29, 1.82) is 0 Å². The van der Waals surface area contributed by atoms with E-state index in [9.17, 15) is 28.8 Å². The summed E-state index contributed by atoms with van der Waals surface area (Å²) in [5.41, 5.74) is -1.50. The number of Topliss-reactive ketones (excluding diaryl/α,β-unsaturated/α-hetero) is 1. The van der Waals surface area contributed by atoms with E-state index in [1.807, 2.05) is 68.5 Å². The first-order valence-corrected chi connectivity index (χ1v) is 23.3. The van der Waals surface area contributed by atoms with Gasteiger partial charge in [0.15, 0.2) is 18.0 Å². The molecule has 5 rings (SSSR count). The Morgan fingerprint density at radius 2 is 1.70 bits per heavy atom. The highest BCUT2D eigenvalue weighted by molar-refractivity contribution is 5.85. The quantitative estimate of drug-likeness (QED) is 0.184. The molecule has 0 unspecified atom stereocenters. The molecule has 3 fully saturated rings. The zero-order chi connectivity index (χ0) is 49.5. The highest BCUT2D eigenvalue weighted by Gasteiger charge is 2.58. The van der Waals surface area contributed by atoms with Crippen LogP contribution in [-0.2, 0) is 52.3 Å². The Hall–Kier alpha value is -5.33. The highest BCUT2D eigenvalue weighted by atomic mass is 16.7. The van der Waals surface area contributed by atoms with Crippen molar-refractivity contribution in [3.8, 4) is 5.69 Å². The summed E-state index contributed by atoms with van der Waals surface area (Å²) < 4.78 is 45.8. The summed E-state index contributed by atoms with van der Waals surface area (Å²) in [6, 6.07) is 8.18. The van der Waals surface area contributed by atoms with E-state index in [4.69, 9.17) is 33.2 Å². The summed E-state index contributed by atoms with van der Waals surface area (Å²) in [6.07, 6.45) is -0.296. The van der Waals surface area contributed by atoms with Gasteiger partial charge in [-0.3, -0.25) is 19.2 Å². The summed E-state index contributed by atoms with van der Waals surface area (Å²) in [4.78, 5) is 84.7. The van der Waals surface area contributed by atoms with Gasteiger partial charge >= 0.3 is 30.1 Å². The Balaban J connectivity index is 1.61. The molecule has 1 aromatic carbocycles. The van der Waals surface area contributed by atoms with Crippen LogP contribution in [0.1, 0.15) is 101 Å². The second-order valence-electron chi connectivity index (χ2n) is 19.3. The zero-order valence-corrected chi connectivity index (χ0v) is 41.2. The van der Waals surface area contributed by atoms with Crippen LogP contribution in [0.2, 0.25) is 0 Å². The third-order valence-electron chi connectivity index (χ3n) is 13.3. The fourth-order valence-electron chi connectivity index (χ4n) is 9.75. The van der Waals surface area contributed by atoms with Crippen LogP contribution in [0.5, 0.6) is 0 Å². The molecule has 3 saturated heterocycles. The molecule has 370 valence electrons. The number of rotatable bonds is 12. The third-order valence-corrected chi connectivity index (χ3v) is 13.3. The van der Waals surface area contributed by atoms with Crippen molar-refractivity contribution in [3.63, 3.8) is 0 Å². The largest absolute Gasteiger partial charge is 0.461 e. The Labute approximate surface area is 394 Å². The van der Waals surface area contributed by atoms with E-state index < -0.39 is 114 Å². The Bertz CT molecular complexity index is 2080. The molecule has 14 atom stereocenters. The van der Waals surface area contributed by atoms with Crippen LogP contribution < -0.4 is 10.6 Å².